The third-order valence-corrected chi connectivity index (χ3v) is 21.1. The first-order valence-corrected chi connectivity index (χ1v) is 45.3. The number of aliphatic hydroxyl groups is 5. The molecule has 0 spiro atoms. The Kier molecular flexibility index (Phi) is 51.8. The number of carbonyl (C=O) groups is 4. The van der Waals surface area contributed by atoms with E-state index in [9.17, 15) is 19.2 Å². The first kappa shape index (κ1) is 118. The van der Waals surface area contributed by atoms with Crippen LogP contribution in [0.2, 0.25) is 0 Å². The number of hydrogen-bond acceptors (Lipinski definition) is 16. The van der Waals surface area contributed by atoms with Crippen molar-refractivity contribution in [1.29, 1.82) is 0 Å². The van der Waals surface area contributed by atoms with E-state index in [4.69, 9.17) is 30.3 Å². The standard InChI is InChI=1S/C18H14N.C17H12N.C16H18N.C13H13N2.C13H12NO.C12H10NO.C9H6NS.4C5H8O2.4Ir/c1-2-7-14(8-3-1)16-10-6-9-15-13-19-12-5-4-11-17(19)18(15)16;1-2-6-14(7-3-1)15-9-11-16(12-10-15)17-8-4-5-13-18-17;1-16(2,3)13-7-8-14-12(10-13)11-17-9-5-4-6-15(14)17;1-15(2)12-8-9-14-13(10-12)11-6-4-3-5-7-11;15-9-10-5-6-14-8-11-3-1-2-4-12(11)13(14)7-10;1-14-12-9-5-8-11(13-12)10-6-3-2-4-7-10;1-2-6-10-8(4-1)9-5-3-7-11-9;4*1-4(6)3-5(2)7;;;;/h1-12H,13H2;1-11,13H;4-10H,11H2,1-3H3;3-6,8-10H,1-2H3;1-7,15H,8-9H2;2-6,8-9H,1H3;1-4,6-7H;4*3,6H,1-2H3;;;;/q+1;-1;+1;-1;+1;2*-1;;;;;;;;. The van der Waals surface area contributed by atoms with Gasteiger partial charge in [0.25, 0.3) is 0 Å². The van der Waals surface area contributed by atoms with Gasteiger partial charge >= 0.3 is 0 Å². The molecule has 141 heavy (non-hydrogen) atoms. The summed E-state index contributed by atoms with van der Waals surface area (Å²) in [4.78, 5) is 60.4. The molecule has 18 nitrogen and oxygen atoms in total. The molecule has 4 radical (unpaired) electrons. The number of aromatic nitrogens is 7. The summed E-state index contributed by atoms with van der Waals surface area (Å²) in [7, 11) is 5.66. The van der Waals surface area contributed by atoms with Crippen molar-refractivity contribution in [1.82, 2.24) is 19.9 Å². The summed E-state index contributed by atoms with van der Waals surface area (Å²) in [5.41, 5.74) is 27.7. The first-order chi connectivity index (χ1) is 65.9. The molecule has 0 saturated heterocycles. The second-order valence-electron chi connectivity index (χ2n) is 32.8. The average Bonchev–Trinajstić information content (AvgIpc) is 1.63. The maximum Gasteiger partial charge on any atom is 0.213 e. The number of nitrogens with zero attached hydrogens (tertiary/aromatic N) is 8. The monoisotopic (exact) mass is 2610 g/mol. The molecule has 8 aromatic carbocycles. The van der Waals surface area contributed by atoms with E-state index in [1.165, 1.54) is 158 Å². The molecule has 19 rings (SSSR count). The van der Waals surface area contributed by atoms with Gasteiger partial charge in [-0.2, -0.15) is 25.8 Å². The van der Waals surface area contributed by atoms with Gasteiger partial charge < -0.3 is 50.1 Å². The van der Waals surface area contributed by atoms with Crippen LogP contribution < -0.4 is 23.3 Å². The zero-order valence-electron chi connectivity index (χ0n) is 81.2. The number of aliphatic hydroxyl groups excluding tert-OH is 5. The van der Waals surface area contributed by atoms with Gasteiger partial charge in [0.05, 0.1) is 53.4 Å². The van der Waals surface area contributed by atoms with E-state index in [2.05, 4.69) is 260 Å². The molecule has 0 fully saturated rings. The van der Waals surface area contributed by atoms with Crippen LogP contribution in [0, 0.1) is 24.3 Å². The summed E-state index contributed by atoms with van der Waals surface area (Å²) in [6, 6.07) is 118. The number of allylic oxidation sites excluding steroid dienone is 8. The van der Waals surface area contributed by atoms with Crippen LogP contribution in [0.4, 0.5) is 5.69 Å². The molecule has 23 heteroatoms. The summed E-state index contributed by atoms with van der Waals surface area (Å²) in [5, 5.41) is 44.6. The number of anilines is 1. The molecule has 5 N–H and O–H groups in total. The van der Waals surface area contributed by atoms with Crippen molar-refractivity contribution in [2.24, 2.45) is 0 Å². The van der Waals surface area contributed by atoms with Crippen LogP contribution in [0.1, 0.15) is 104 Å². The summed E-state index contributed by atoms with van der Waals surface area (Å²) in [5.74, 6) is 0.375. The van der Waals surface area contributed by atoms with Crippen molar-refractivity contribution in [3.63, 3.8) is 0 Å². The van der Waals surface area contributed by atoms with Gasteiger partial charge in [-0.15, -0.1) is 107 Å². The zero-order valence-corrected chi connectivity index (χ0v) is 91.6. The van der Waals surface area contributed by atoms with Crippen LogP contribution in [0.3, 0.4) is 0 Å². The number of rotatable bonds is 13. The van der Waals surface area contributed by atoms with E-state index in [1.807, 2.05) is 177 Å². The van der Waals surface area contributed by atoms with Crippen LogP contribution >= 0.6 is 11.3 Å². The van der Waals surface area contributed by atoms with Crippen molar-refractivity contribution in [2.75, 3.05) is 26.1 Å². The maximum atomic E-state index is 10.0. The molecular formula is C118H117Ir4N8O10S-. The van der Waals surface area contributed by atoms with Crippen LogP contribution in [-0.4, -0.2) is 89.8 Å². The van der Waals surface area contributed by atoms with Gasteiger partial charge in [0.1, 0.15) is 0 Å². The Labute approximate surface area is 887 Å². The van der Waals surface area contributed by atoms with E-state index >= 15 is 0 Å². The smallest absolute Gasteiger partial charge is 0.213 e. The van der Waals surface area contributed by atoms with Crippen molar-refractivity contribution < 1.29 is 144 Å². The molecular weight excluding hydrogens is 2490 g/mol. The van der Waals surface area contributed by atoms with E-state index in [-0.39, 0.29) is 139 Å². The summed E-state index contributed by atoms with van der Waals surface area (Å²) >= 11 is 1.66. The Balaban J connectivity index is 0.000000277. The quantitative estimate of drug-likeness (QED) is 0.0312. The number of methoxy groups -OCH3 is 1. The largest absolute Gasteiger partial charge is 0.512 e. The van der Waals surface area contributed by atoms with Crippen molar-refractivity contribution in [3.8, 4) is 106 Å². The van der Waals surface area contributed by atoms with Gasteiger partial charge in [-0.3, -0.25) is 24.2 Å². The number of carbonyl (C=O) groups excluding carboxylic acids is 4. The van der Waals surface area contributed by atoms with Gasteiger partial charge in [0.2, 0.25) is 23.0 Å². The Morgan fingerprint density at radius 1 is 0.404 bits per heavy atom. The number of benzene rings is 8. The second kappa shape index (κ2) is 61.8. The average molecular weight is 2610 g/mol. The van der Waals surface area contributed by atoms with E-state index in [1.54, 1.807) is 30.8 Å². The fraction of sp³-hybridized carbons (Fsp3) is 0.161. The molecule has 0 amide bonds. The third-order valence-electron chi connectivity index (χ3n) is 20.3. The number of pyridine rings is 7. The summed E-state index contributed by atoms with van der Waals surface area (Å²) in [6.07, 6.45) is 16.4. The number of fused-ring (bicyclic) bond motifs is 9. The number of thiophene rings is 1. The van der Waals surface area contributed by atoms with E-state index in [0.717, 1.165) is 75.2 Å². The fourth-order valence-electron chi connectivity index (χ4n) is 14.1. The fourth-order valence-corrected chi connectivity index (χ4v) is 14.8. The van der Waals surface area contributed by atoms with Crippen molar-refractivity contribution in [2.45, 2.75) is 108 Å². The number of ether oxygens (including phenoxy) is 1. The minimum absolute atomic E-state index is 0. The van der Waals surface area contributed by atoms with Gasteiger partial charge in [0, 0.05) is 196 Å². The maximum absolute atomic E-state index is 10.0. The van der Waals surface area contributed by atoms with Gasteiger partial charge in [-0.1, -0.05) is 182 Å². The SMILES string of the molecule is CC(=O)C=C(C)O.CC(=O)C=C(C)O.CC(=O)C=C(C)O.CC(=O)C=C(C)O.CC(C)(C)c1ccc2c(c1)C[n+]1ccccc1-2.CN(C)c1ccnc(-c2[c-]cccc2)c1.COc1cccc(-c2[c-]cccc2)n1.OCc1cc[n+]2c(c1)-c1ccccc1C2.[Ir].[Ir].[Ir].[Ir].[c-]1cc(-c2ccccc2)ccc1-c1ccccn1.[c-]1ccsc1-c1ccccn1.c1ccc(-c2cccc3c2-c2cccc[n+]2C3)cc1. The second-order valence-corrected chi connectivity index (χ2v) is 33.7. The van der Waals surface area contributed by atoms with Crippen molar-refractivity contribution >= 4 is 40.2 Å². The minimum Gasteiger partial charge on any atom is -0.512 e. The molecule has 0 aliphatic carbocycles. The van der Waals surface area contributed by atoms with Gasteiger partial charge in [-0.25, -0.2) is 11.3 Å². The van der Waals surface area contributed by atoms with Crippen LogP contribution in [-0.2, 0) is 131 Å². The van der Waals surface area contributed by atoms with Gasteiger partial charge in [-0.05, 0) is 160 Å². The Hall–Kier alpha value is -13.5. The topological polar surface area (TPSA) is 245 Å². The summed E-state index contributed by atoms with van der Waals surface area (Å²) in [6.45, 7) is 21.2. The number of ketones is 4. The van der Waals surface area contributed by atoms with Crippen LogP contribution in [0.15, 0.2) is 399 Å². The predicted octanol–water partition coefficient (Wildman–Crippen LogP) is 24.6. The third kappa shape index (κ3) is 39.6. The molecule has 0 bridgehead atoms. The Morgan fingerprint density at radius 3 is 1.39 bits per heavy atom. The Bertz CT molecular complexity index is 6510. The normalized spacial score (nSPS) is 10.9. The van der Waals surface area contributed by atoms with Crippen molar-refractivity contribution in [3.05, 3.63) is 451 Å². The molecule has 0 atom stereocenters. The molecule has 16 aromatic rings. The Morgan fingerprint density at radius 2 is 0.879 bits per heavy atom. The molecule has 3 aliphatic rings. The first-order valence-electron chi connectivity index (χ1n) is 44.4. The molecule has 3 aliphatic heterocycles. The molecule has 0 saturated carbocycles. The molecule has 8 aromatic heterocycles. The van der Waals surface area contributed by atoms with Gasteiger partial charge in [0.15, 0.2) is 61.4 Å². The minimum atomic E-state index is -0.125. The predicted molar refractivity (Wildman–Crippen MR) is 550 cm³/mol. The molecule has 732 valence electrons. The van der Waals surface area contributed by atoms with E-state index < -0.39 is 0 Å². The van der Waals surface area contributed by atoms with Crippen LogP contribution in [0.5, 0.6) is 5.88 Å². The van der Waals surface area contributed by atoms with Crippen LogP contribution in [0.25, 0.3) is 100 Å². The molecule has 11 heterocycles. The summed E-state index contributed by atoms with van der Waals surface area (Å²) < 4.78 is 11.9. The van der Waals surface area contributed by atoms with E-state index in [0.29, 0.717) is 5.88 Å². The number of hydrogen-bond donors (Lipinski definition) is 5. The zero-order chi connectivity index (χ0) is 98.6. The molecule has 0 unspecified atom stereocenters.